The fourth-order valence-corrected chi connectivity index (χ4v) is 4.91. The third-order valence-electron chi connectivity index (χ3n) is 7.33. The van der Waals surface area contributed by atoms with Gasteiger partial charge in [0.05, 0.1) is 23.8 Å². The third-order valence-corrected chi connectivity index (χ3v) is 7.33. The lowest BCUT2D eigenvalue weighted by Crippen LogP contribution is -2.29. The van der Waals surface area contributed by atoms with Crippen LogP contribution in [0.4, 0.5) is 0 Å². The molecule has 1 unspecified atom stereocenters. The van der Waals surface area contributed by atoms with Crippen molar-refractivity contribution in [1.82, 2.24) is 4.90 Å². The summed E-state index contributed by atoms with van der Waals surface area (Å²) in [5, 5.41) is 20.7. The number of aliphatic hydroxyl groups excluding tert-OH is 1. The number of unbranched alkanes of at least 4 members (excludes halogenated alkanes) is 2. The zero-order valence-corrected chi connectivity index (χ0v) is 24.0. The van der Waals surface area contributed by atoms with E-state index in [1.807, 2.05) is 24.3 Å². The normalized spacial score (nSPS) is 16.7. The number of hydrogen-bond donors (Lipinski definition) is 2. The molecule has 3 aromatic rings. The molecule has 1 heterocycles. The smallest absolute Gasteiger partial charge is 0.335 e. The van der Waals surface area contributed by atoms with E-state index in [1.165, 1.54) is 17.0 Å². The molecule has 1 amide bonds. The van der Waals surface area contributed by atoms with Crippen molar-refractivity contribution in [3.05, 3.63) is 106 Å². The van der Waals surface area contributed by atoms with E-state index in [0.717, 1.165) is 24.8 Å². The lowest BCUT2D eigenvalue weighted by Gasteiger charge is -2.26. The molecule has 0 saturated carbocycles. The van der Waals surface area contributed by atoms with Crippen LogP contribution in [-0.4, -0.2) is 39.4 Å². The number of ether oxygens (including phenoxy) is 1. The average molecular weight is 556 g/mol. The van der Waals surface area contributed by atoms with Crippen LogP contribution in [0.25, 0.3) is 5.76 Å². The minimum Gasteiger partial charge on any atom is -0.507 e. The summed E-state index contributed by atoms with van der Waals surface area (Å²) >= 11 is 0. The number of nitrogens with zero attached hydrogens (tertiary/aromatic N) is 1. The van der Waals surface area contributed by atoms with Crippen LogP contribution in [0.3, 0.4) is 0 Å². The van der Waals surface area contributed by atoms with Crippen molar-refractivity contribution in [2.24, 2.45) is 0 Å². The Morgan fingerprint density at radius 3 is 2.02 bits per heavy atom. The number of carbonyl (C=O) groups is 3. The summed E-state index contributed by atoms with van der Waals surface area (Å²) in [6, 6.07) is 19.9. The van der Waals surface area contributed by atoms with Gasteiger partial charge in [0.1, 0.15) is 11.5 Å². The van der Waals surface area contributed by atoms with Crippen molar-refractivity contribution in [3.63, 3.8) is 0 Å². The van der Waals surface area contributed by atoms with Gasteiger partial charge in [0, 0.05) is 12.1 Å². The number of ketones is 1. The van der Waals surface area contributed by atoms with Gasteiger partial charge in [0.15, 0.2) is 0 Å². The molecular weight excluding hydrogens is 518 g/mol. The number of aliphatic hydroxyl groups is 1. The van der Waals surface area contributed by atoms with Gasteiger partial charge in [0.2, 0.25) is 0 Å². The van der Waals surface area contributed by atoms with Crippen LogP contribution in [0, 0.1) is 0 Å². The predicted molar refractivity (Wildman–Crippen MR) is 158 cm³/mol. The predicted octanol–water partition coefficient (Wildman–Crippen LogP) is 6.87. The molecule has 1 saturated heterocycles. The standard InChI is InChI=1S/C34H37NO6/c1-5-6-7-20-41-27-18-14-24(15-19-27)30(36)28-29(23-12-16-26(17-13-23)34(2,3)4)35(32(38)31(28)37)21-22-8-10-25(11-9-22)33(39)40/h8-19,29,36H,5-7,20-21H2,1-4H3,(H,39,40)/b30-28+. The van der Waals surface area contributed by atoms with Crippen LogP contribution in [0.5, 0.6) is 5.75 Å². The zero-order valence-electron chi connectivity index (χ0n) is 24.0. The first-order chi connectivity index (χ1) is 19.5. The van der Waals surface area contributed by atoms with Crippen LogP contribution in [0.2, 0.25) is 0 Å². The summed E-state index contributed by atoms with van der Waals surface area (Å²) in [6.45, 7) is 9.10. The Morgan fingerprint density at radius 2 is 1.46 bits per heavy atom. The fraction of sp³-hybridized carbons (Fsp3) is 0.324. The van der Waals surface area contributed by atoms with Crippen LogP contribution in [-0.2, 0) is 21.5 Å². The van der Waals surface area contributed by atoms with Gasteiger partial charge in [-0.3, -0.25) is 9.59 Å². The SMILES string of the molecule is CCCCCOc1ccc(/C(O)=C2\C(=O)C(=O)N(Cc3ccc(C(=O)O)cc3)C2c2ccc(C(C)(C)C)cc2)cc1. The van der Waals surface area contributed by atoms with E-state index in [-0.39, 0.29) is 28.9 Å². The van der Waals surface area contributed by atoms with Gasteiger partial charge < -0.3 is 19.8 Å². The third kappa shape index (κ3) is 6.68. The number of carboxylic acids is 1. The number of hydrogen-bond acceptors (Lipinski definition) is 5. The van der Waals surface area contributed by atoms with Gasteiger partial charge in [-0.2, -0.15) is 0 Å². The zero-order chi connectivity index (χ0) is 29.7. The van der Waals surface area contributed by atoms with E-state index in [9.17, 15) is 24.6 Å². The van der Waals surface area contributed by atoms with Crippen LogP contribution < -0.4 is 4.74 Å². The maximum absolute atomic E-state index is 13.4. The number of Topliss-reactive ketones (excluding diaryl/α,β-unsaturated/α-hetero) is 1. The number of carbonyl (C=O) groups excluding carboxylic acids is 2. The average Bonchev–Trinajstić information content (AvgIpc) is 3.20. The van der Waals surface area contributed by atoms with Gasteiger partial charge in [-0.05, 0) is 64.9 Å². The van der Waals surface area contributed by atoms with Gasteiger partial charge in [-0.1, -0.05) is 76.9 Å². The summed E-state index contributed by atoms with van der Waals surface area (Å²) in [6.07, 6.45) is 3.13. The molecular formula is C34H37NO6. The lowest BCUT2D eigenvalue weighted by molar-refractivity contribution is -0.140. The summed E-state index contributed by atoms with van der Waals surface area (Å²) < 4.78 is 5.78. The summed E-state index contributed by atoms with van der Waals surface area (Å²) in [5.41, 5.74) is 2.91. The van der Waals surface area contributed by atoms with E-state index < -0.39 is 23.7 Å². The molecule has 0 spiro atoms. The number of rotatable bonds is 10. The first-order valence-corrected chi connectivity index (χ1v) is 14.0. The molecule has 7 heteroatoms. The Balaban J connectivity index is 1.73. The number of aromatic carboxylic acids is 1. The Morgan fingerprint density at radius 1 is 0.854 bits per heavy atom. The minimum absolute atomic E-state index is 0.0114. The highest BCUT2D eigenvalue weighted by Crippen LogP contribution is 2.41. The van der Waals surface area contributed by atoms with Crippen molar-refractivity contribution in [3.8, 4) is 5.75 Å². The molecule has 1 atom stereocenters. The van der Waals surface area contributed by atoms with Crippen molar-refractivity contribution >= 4 is 23.4 Å². The maximum Gasteiger partial charge on any atom is 0.335 e. The molecule has 1 aliphatic rings. The molecule has 2 N–H and O–H groups in total. The number of benzene rings is 3. The second kappa shape index (κ2) is 12.4. The largest absolute Gasteiger partial charge is 0.507 e. The molecule has 0 aliphatic carbocycles. The van der Waals surface area contributed by atoms with Gasteiger partial charge >= 0.3 is 5.97 Å². The lowest BCUT2D eigenvalue weighted by atomic mass is 9.85. The Hall–Kier alpha value is -4.39. The minimum atomic E-state index is -1.05. The van der Waals surface area contributed by atoms with Crippen LogP contribution in [0.1, 0.15) is 85.6 Å². The molecule has 1 fully saturated rings. The molecule has 214 valence electrons. The summed E-state index contributed by atoms with van der Waals surface area (Å²) in [4.78, 5) is 39.5. The van der Waals surface area contributed by atoms with Gasteiger partial charge in [0.25, 0.3) is 11.7 Å². The number of likely N-dealkylation sites (tertiary alicyclic amines) is 1. The van der Waals surface area contributed by atoms with Gasteiger partial charge in [-0.25, -0.2) is 4.79 Å². The molecule has 0 radical (unpaired) electrons. The monoisotopic (exact) mass is 555 g/mol. The van der Waals surface area contributed by atoms with Crippen molar-refractivity contribution in [1.29, 1.82) is 0 Å². The van der Waals surface area contributed by atoms with Crippen LogP contribution in [0.15, 0.2) is 78.4 Å². The highest BCUT2D eigenvalue weighted by molar-refractivity contribution is 6.46. The fourth-order valence-electron chi connectivity index (χ4n) is 4.91. The number of carboxylic acid groups (broad SMARTS) is 1. The molecule has 1 aliphatic heterocycles. The molecule has 41 heavy (non-hydrogen) atoms. The first-order valence-electron chi connectivity index (χ1n) is 14.0. The van der Waals surface area contributed by atoms with E-state index in [1.54, 1.807) is 36.4 Å². The second-order valence-corrected chi connectivity index (χ2v) is 11.4. The van der Waals surface area contributed by atoms with E-state index in [2.05, 4.69) is 27.7 Å². The van der Waals surface area contributed by atoms with Crippen molar-refractivity contribution in [2.75, 3.05) is 6.61 Å². The highest BCUT2D eigenvalue weighted by atomic mass is 16.5. The quantitative estimate of drug-likeness (QED) is 0.122. The first kappa shape index (κ1) is 29.6. The van der Waals surface area contributed by atoms with Crippen molar-refractivity contribution < 1.29 is 29.3 Å². The summed E-state index contributed by atoms with van der Waals surface area (Å²) in [7, 11) is 0. The molecule has 4 rings (SSSR count). The summed E-state index contributed by atoms with van der Waals surface area (Å²) in [5.74, 6) is -2.14. The topological polar surface area (TPSA) is 104 Å². The Bertz CT molecular complexity index is 1430. The van der Waals surface area contributed by atoms with E-state index >= 15 is 0 Å². The Kier molecular flexibility index (Phi) is 8.96. The van der Waals surface area contributed by atoms with Gasteiger partial charge in [-0.15, -0.1) is 0 Å². The van der Waals surface area contributed by atoms with E-state index in [0.29, 0.717) is 29.0 Å². The second-order valence-electron chi connectivity index (χ2n) is 11.4. The maximum atomic E-state index is 13.4. The Labute approximate surface area is 241 Å². The molecule has 7 nitrogen and oxygen atoms in total. The van der Waals surface area contributed by atoms with E-state index in [4.69, 9.17) is 4.74 Å². The van der Waals surface area contributed by atoms with Crippen molar-refractivity contribution in [2.45, 2.75) is 65.0 Å². The van der Waals surface area contributed by atoms with Crippen LogP contribution >= 0.6 is 0 Å². The molecule has 3 aromatic carbocycles. The highest BCUT2D eigenvalue weighted by Gasteiger charge is 2.46. The molecule has 0 bridgehead atoms. The number of amides is 1. The molecule has 0 aromatic heterocycles.